The zero-order valence-electron chi connectivity index (χ0n) is 9.96. The van der Waals surface area contributed by atoms with Crippen LogP contribution < -0.4 is 10.1 Å². The summed E-state index contributed by atoms with van der Waals surface area (Å²) in [6, 6.07) is 0. The molecule has 1 aromatic rings. The summed E-state index contributed by atoms with van der Waals surface area (Å²) in [7, 11) is 0. The Balaban J connectivity index is 2.26. The number of ether oxygens (including phenoxy) is 2. The molecule has 8 heteroatoms. The highest BCUT2D eigenvalue weighted by Gasteiger charge is 2.27. The lowest BCUT2D eigenvalue weighted by Crippen LogP contribution is -2.18. The average Bonchev–Trinajstić information content (AvgIpc) is 2.82. The normalized spacial score (nSPS) is 18.6. The van der Waals surface area contributed by atoms with E-state index in [1.807, 2.05) is 6.92 Å². The molecule has 1 saturated heterocycles. The number of rotatable bonds is 5. The van der Waals surface area contributed by atoms with Crippen LogP contribution in [0.2, 0.25) is 0 Å². The molecule has 1 aliphatic heterocycles. The number of nitro groups is 1. The summed E-state index contributed by atoms with van der Waals surface area (Å²) in [4.78, 5) is 18.2. The Labute approximate surface area is 103 Å². The second kappa shape index (κ2) is 5.58. The van der Waals surface area contributed by atoms with Crippen molar-refractivity contribution in [2.24, 2.45) is 0 Å². The molecule has 1 fully saturated rings. The molecule has 1 aliphatic rings. The minimum absolute atomic E-state index is 0.0125. The first-order valence-electron chi connectivity index (χ1n) is 5.70. The third kappa shape index (κ3) is 2.65. The second-order valence-electron chi connectivity index (χ2n) is 3.77. The van der Waals surface area contributed by atoms with Crippen molar-refractivity contribution in [2.75, 3.05) is 25.1 Å². The Morgan fingerprint density at radius 2 is 2.50 bits per heavy atom. The topological polar surface area (TPSA) is 99.4 Å². The molecule has 2 rings (SSSR count). The second-order valence-corrected chi connectivity index (χ2v) is 3.77. The van der Waals surface area contributed by atoms with E-state index in [1.54, 1.807) is 0 Å². The summed E-state index contributed by atoms with van der Waals surface area (Å²) < 4.78 is 10.7. The Morgan fingerprint density at radius 3 is 3.11 bits per heavy atom. The van der Waals surface area contributed by atoms with E-state index in [4.69, 9.17) is 9.47 Å². The van der Waals surface area contributed by atoms with Crippen LogP contribution in [0, 0.1) is 10.1 Å². The summed E-state index contributed by atoms with van der Waals surface area (Å²) in [5.41, 5.74) is -0.230. The minimum atomic E-state index is -0.539. The SMILES string of the molecule is CCNc1ncnc(OC2CCOC2)c1[N+](=O)[O-]. The van der Waals surface area contributed by atoms with Crippen LogP contribution in [0.15, 0.2) is 6.33 Å². The van der Waals surface area contributed by atoms with Gasteiger partial charge in [0.05, 0.1) is 18.1 Å². The number of hydrogen-bond donors (Lipinski definition) is 1. The molecule has 2 heterocycles. The van der Waals surface area contributed by atoms with Crippen molar-refractivity contribution in [3.05, 3.63) is 16.4 Å². The van der Waals surface area contributed by atoms with E-state index in [0.717, 1.165) is 0 Å². The van der Waals surface area contributed by atoms with Gasteiger partial charge in [0.15, 0.2) is 0 Å². The fraction of sp³-hybridized carbons (Fsp3) is 0.600. The van der Waals surface area contributed by atoms with Gasteiger partial charge in [-0.3, -0.25) is 10.1 Å². The molecule has 98 valence electrons. The third-order valence-electron chi connectivity index (χ3n) is 2.48. The van der Waals surface area contributed by atoms with Gasteiger partial charge in [0.2, 0.25) is 5.82 Å². The van der Waals surface area contributed by atoms with Crippen LogP contribution >= 0.6 is 0 Å². The van der Waals surface area contributed by atoms with Gasteiger partial charge in [-0.05, 0) is 6.92 Å². The number of nitrogens with one attached hydrogen (secondary N) is 1. The van der Waals surface area contributed by atoms with Crippen molar-refractivity contribution in [3.8, 4) is 5.88 Å². The van der Waals surface area contributed by atoms with Crippen LogP contribution in [0.1, 0.15) is 13.3 Å². The molecule has 0 aliphatic carbocycles. The van der Waals surface area contributed by atoms with Crippen molar-refractivity contribution >= 4 is 11.5 Å². The van der Waals surface area contributed by atoms with E-state index in [0.29, 0.717) is 26.2 Å². The van der Waals surface area contributed by atoms with E-state index in [2.05, 4.69) is 15.3 Å². The number of hydrogen-bond acceptors (Lipinski definition) is 7. The Kier molecular flexibility index (Phi) is 3.88. The van der Waals surface area contributed by atoms with E-state index in [9.17, 15) is 10.1 Å². The van der Waals surface area contributed by atoms with Crippen LogP contribution in [-0.2, 0) is 4.74 Å². The summed E-state index contributed by atoms with van der Waals surface area (Å²) in [5.74, 6) is 0.160. The fourth-order valence-electron chi connectivity index (χ4n) is 1.67. The minimum Gasteiger partial charge on any atom is -0.467 e. The number of nitrogens with zero attached hydrogens (tertiary/aromatic N) is 3. The standard InChI is InChI=1S/C10H14N4O4/c1-2-11-9-8(14(15)16)10(13-6-12-9)18-7-3-4-17-5-7/h6-7H,2-5H2,1H3,(H,11,12,13). The highest BCUT2D eigenvalue weighted by Crippen LogP contribution is 2.32. The van der Waals surface area contributed by atoms with E-state index < -0.39 is 4.92 Å². The molecule has 0 saturated carbocycles. The number of anilines is 1. The predicted molar refractivity (Wildman–Crippen MR) is 62.7 cm³/mol. The van der Waals surface area contributed by atoms with Crippen molar-refractivity contribution < 1.29 is 14.4 Å². The maximum absolute atomic E-state index is 11.1. The van der Waals surface area contributed by atoms with Gasteiger partial charge in [0.1, 0.15) is 12.4 Å². The maximum atomic E-state index is 11.1. The van der Waals surface area contributed by atoms with Crippen LogP contribution in [0.4, 0.5) is 11.5 Å². The molecule has 0 radical (unpaired) electrons. The molecule has 0 spiro atoms. The monoisotopic (exact) mass is 254 g/mol. The zero-order chi connectivity index (χ0) is 13.0. The van der Waals surface area contributed by atoms with Gasteiger partial charge in [0.25, 0.3) is 5.88 Å². The molecule has 8 nitrogen and oxygen atoms in total. The Morgan fingerprint density at radius 1 is 1.67 bits per heavy atom. The van der Waals surface area contributed by atoms with Crippen LogP contribution in [0.5, 0.6) is 5.88 Å². The van der Waals surface area contributed by atoms with Gasteiger partial charge in [-0.25, -0.2) is 4.98 Å². The highest BCUT2D eigenvalue weighted by molar-refractivity contribution is 5.61. The maximum Gasteiger partial charge on any atom is 0.372 e. The first-order valence-corrected chi connectivity index (χ1v) is 5.70. The third-order valence-corrected chi connectivity index (χ3v) is 2.48. The van der Waals surface area contributed by atoms with Gasteiger partial charge < -0.3 is 14.8 Å². The molecular weight excluding hydrogens is 240 g/mol. The van der Waals surface area contributed by atoms with Gasteiger partial charge in [0, 0.05) is 13.0 Å². The van der Waals surface area contributed by atoms with Crippen LogP contribution in [-0.4, -0.2) is 40.8 Å². The lowest BCUT2D eigenvalue weighted by Gasteiger charge is -2.12. The first kappa shape index (κ1) is 12.5. The van der Waals surface area contributed by atoms with Crippen molar-refractivity contribution in [2.45, 2.75) is 19.4 Å². The summed E-state index contributed by atoms with van der Waals surface area (Å²) >= 11 is 0. The average molecular weight is 254 g/mol. The quantitative estimate of drug-likeness (QED) is 0.617. The summed E-state index contributed by atoms with van der Waals surface area (Å²) in [5, 5.41) is 13.9. The Bertz CT molecular complexity index is 434. The van der Waals surface area contributed by atoms with Crippen molar-refractivity contribution in [1.82, 2.24) is 9.97 Å². The molecule has 0 aromatic carbocycles. The molecule has 0 amide bonds. The van der Waals surface area contributed by atoms with Gasteiger partial charge in [-0.15, -0.1) is 0 Å². The van der Waals surface area contributed by atoms with E-state index >= 15 is 0 Å². The molecule has 1 N–H and O–H groups in total. The lowest BCUT2D eigenvalue weighted by atomic mass is 10.3. The predicted octanol–water partition coefficient (Wildman–Crippen LogP) is 0.984. The molecule has 0 bridgehead atoms. The first-order chi connectivity index (χ1) is 8.72. The lowest BCUT2D eigenvalue weighted by molar-refractivity contribution is -0.385. The largest absolute Gasteiger partial charge is 0.467 e. The fourth-order valence-corrected chi connectivity index (χ4v) is 1.67. The summed E-state index contributed by atoms with van der Waals surface area (Å²) in [6.07, 6.45) is 1.77. The van der Waals surface area contributed by atoms with E-state index in [1.165, 1.54) is 6.33 Å². The van der Waals surface area contributed by atoms with Crippen molar-refractivity contribution in [3.63, 3.8) is 0 Å². The van der Waals surface area contributed by atoms with Crippen LogP contribution in [0.25, 0.3) is 0 Å². The molecule has 1 unspecified atom stereocenters. The molecule has 1 atom stereocenters. The number of aromatic nitrogens is 2. The van der Waals surface area contributed by atoms with Gasteiger partial charge >= 0.3 is 5.69 Å². The van der Waals surface area contributed by atoms with Crippen LogP contribution in [0.3, 0.4) is 0 Å². The molecule has 18 heavy (non-hydrogen) atoms. The molecular formula is C10H14N4O4. The zero-order valence-corrected chi connectivity index (χ0v) is 9.96. The highest BCUT2D eigenvalue weighted by atomic mass is 16.6. The molecule has 1 aromatic heterocycles. The van der Waals surface area contributed by atoms with Gasteiger partial charge in [-0.2, -0.15) is 4.98 Å². The summed E-state index contributed by atoms with van der Waals surface area (Å²) in [6.45, 7) is 3.39. The smallest absolute Gasteiger partial charge is 0.372 e. The van der Waals surface area contributed by atoms with Gasteiger partial charge in [-0.1, -0.05) is 0 Å². The van der Waals surface area contributed by atoms with Crippen molar-refractivity contribution in [1.29, 1.82) is 0 Å². The Hall–Kier alpha value is -1.96. The van der Waals surface area contributed by atoms with E-state index in [-0.39, 0.29) is 23.5 Å².